The molecule has 7 aliphatic rings. The summed E-state index contributed by atoms with van der Waals surface area (Å²) in [4.78, 5) is 11.9. The Morgan fingerprint density at radius 1 is 0.796 bits per heavy atom. The number of carbonyl (C=O) groups excluding carboxylic acids is 1. The van der Waals surface area contributed by atoms with E-state index in [2.05, 4.69) is 13.8 Å². The van der Waals surface area contributed by atoms with Gasteiger partial charge < -0.3 is 64.5 Å². The summed E-state index contributed by atoms with van der Waals surface area (Å²) in [5.41, 5.74) is -0.154. The van der Waals surface area contributed by atoms with Gasteiger partial charge in [-0.1, -0.05) is 13.8 Å². The van der Waals surface area contributed by atoms with Gasteiger partial charge in [0, 0.05) is 11.5 Å². The zero-order valence-electron chi connectivity index (χ0n) is 28.3. The number of hydrogen-bond acceptors (Lipinski definition) is 14. The summed E-state index contributed by atoms with van der Waals surface area (Å²) in [6.45, 7) is 3.60. The lowest BCUT2D eigenvalue weighted by Gasteiger charge is -2.64. The van der Waals surface area contributed by atoms with Crippen LogP contribution in [0.1, 0.15) is 71.6 Å². The number of fused-ring (bicyclic) bond motifs is 5. The van der Waals surface area contributed by atoms with Crippen LogP contribution >= 0.6 is 0 Å². The molecule has 0 bridgehead atoms. The van der Waals surface area contributed by atoms with E-state index in [1.54, 1.807) is 6.08 Å². The molecule has 0 amide bonds. The second-order valence-electron chi connectivity index (χ2n) is 16.3. The third kappa shape index (κ3) is 5.73. The molecule has 7 rings (SSSR count). The van der Waals surface area contributed by atoms with Crippen LogP contribution in [0, 0.1) is 34.5 Å². The van der Waals surface area contributed by atoms with Crippen molar-refractivity contribution in [3.05, 3.63) is 11.6 Å². The summed E-state index contributed by atoms with van der Waals surface area (Å²) >= 11 is 0. The van der Waals surface area contributed by atoms with Gasteiger partial charge in [-0.15, -0.1) is 0 Å². The molecule has 0 spiro atoms. The van der Waals surface area contributed by atoms with Gasteiger partial charge in [-0.2, -0.15) is 0 Å². The molecule has 14 heteroatoms. The highest BCUT2D eigenvalue weighted by atomic mass is 16.7. The summed E-state index contributed by atoms with van der Waals surface area (Å²) < 4.78 is 28.2. The first kappa shape index (κ1) is 36.1. The van der Waals surface area contributed by atoms with Crippen LogP contribution in [0.2, 0.25) is 0 Å². The van der Waals surface area contributed by atoms with E-state index in [9.17, 15) is 45.6 Å². The fourth-order valence-corrected chi connectivity index (χ4v) is 11.4. The Bertz CT molecular complexity index is 1260. The van der Waals surface area contributed by atoms with E-state index >= 15 is 0 Å². The summed E-state index contributed by atoms with van der Waals surface area (Å²) in [6, 6.07) is 0. The van der Waals surface area contributed by atoms with Crippen molar-refractivity contribution in [3.63, 3.8) is 0 Å². The molecule has 0 radical (unpaired) electrons. The molecular weight excluding hydrogens is 644 g/mol. The van der Waals surface area contributed by atoms with Gasteiger partial charge in [-0.25, -0.2) is 4.79 Å². The van der Waals surface area contributed by atoms with E-state index < -0.39 is 80.2 Å². The first-order valence-corrected chi connectivity index (χ1v) is 18.1. The normalized spacial score (nSPS) is 54.4. The Morgan fingerprint density at radius 2 is 1.53 bits per heavy atom. The number of aliphatic hydroxyl groups is 8. The second-order valence-corrected chi connectivity index (χ2v) is 16.3. The first-order chi connectivity index (χ1) is 23.3. The maximum atomic E-state index is 12.5. The lowest BCUT2D eigenvalue weighted by Crippen LogP contribution is -2.65. The maximum absolute atomic E-state index is 12.5. The Kier molecular flexibility index (Phi) is 9.80. The lowest BCUT2D eigenvalue weighted by atomic mass is 9.43. The fourth-order valence-electron chi connectivity index (χ4n) is 11.4. The third-order valence-electron chi connectivity index (χ3n) is 14.2. The maximum Gasteiger partial charge on any atom is 0.331 e. The number of carbonyl (C=O) groups is 1. The molecule has 3 heterocycles. The SMILES string of the molecule is C[C@]12CC[C@H](O[C@@H]3[C@@H](O)[C@H](O[C@@H]4[C@@H](O)[C@H](O)[C@@H](CO)O[C@@H]4O)O[C@H](CO)[C@H]3O)C[C@H]1CC[C@@H]1[C@@H]2CC[C@]2(C)[C@@H](C3=CC(=O)OC3)CC[C@]12O. The van der Waals surface area contributed by atoms with Crippen molar-refractivity contribution >= 4 is 5.97 Å². The van der Waals surface area contributed by atoms with Crippen molar-refractivity contribution in [2.45, 2.75) is 145 Å². The topological polar surface area (TPSA) is 225 Å². The monoisotopic (exact) mass is 698 g/mol. The minimum Gasteiger partial charge on any atom is -0.458 e. The van der Waals surface area contributed by atoms with E-state index in [0.717, 1.165) is 44.1 Å². The number of esters is 1. The molecule has 14 nitrogen and oxygen atoms in total. The van der Waals surface area contributed by atoms with E-state index in [-0.39, 0.29) is 34.7 Å². The Hall–Kier alpha value is -1.27. The Labute approximate surface area is 285 Å². The van der Waals surface area contributed by atoms with Gasteiger partial charge in [0.05, 0.1) is 24.9 Å². The highest BCUT2D eigenvalue weighted by molar-refractivity contribution is 5.85. The standard InChI is InChI=1S/C35H54O14/c1-33-8-5-18(46-29-26(40)23(14-37)48-32(28(29)42)49-30-27(41)25(39)22(13-36)47-31(30)43)12-17(33)3-4-21-20(33)6-9-34(2)19(7-10-35(21,34)44)16-11-24(38)45-15-16/h11,17-23,25-32,36-37,39-44H,3-10,12-15H2,1-2H3/t17-,18+,19-,20+,21-,22-,23-,25-,26-,27+,28-,29+,30-,31+,32+,33+,34-,35+/m1/s1. The summed E-state index contributed by atoms with van der Waals surface area (Å²) in [5.74, 6) is 0.607. The largest absolute Gasteiger partial charge is 0.458 e. The average molecular weight is 699 g/mol. The molecule has 6 fully saturated rings. The predicted molar refractivity (Wildman–Crippen MR) is 167 cm³/mol. The Morgan fingerprint density at radius 3 is 2.22 bits per heavy atom. The number of cyclic esters (lactones) is 1. The summed E-state index contributed by atoms with van der Waals surface area (Å²) in [6.07, 6.45) is -6.08. The molecule has 2 saturated heterocycles. The van der Waals surface area contributed by atoms with Crippen LogP contribution in [0.15, 0.2) is 11.6 Å². The van der Waals surface area contributed by atoms with E-state index in [1.165, 1.54) is 0 Å². The predicted octanol–water partition coefficient (Wildman–Crippen LogP) is -0.747. The van der Waals surface area contributed by atoms with E-state index in [4.69, 9.17) is 23.7 Å². The van der Waals surface area contributed by atoms with Crippen LogP contribution in [0.3, 0.4) is 0 Å². The molecule has 8 N–H and O–H groups in total. The van der Waals surface area contributed by atoms with Crippen molar-refractivity contribution in [1.82, 2.24) is 0 Å². The zero-order chi connectivity index (χ0) is 35.0. The lowest BCUT2D eigenvalue weighted by molar-refractivity contribution is -0.366. The minimum atomic E-state index is -1.76. The second kappa shape index (κ2) is 13.3. The molecule has 4 aliphatic carbocycles. The van der Waals surface area contributed by atoms with Crippen molar-refractivity contribution in [1.29, 1.82) is 0 Å². The van der Waals surface area contributed by atoms with Crippen LogP contribution in [0.25, 0.3) is 0 Å². The number of ether oxygens (including phenoxy) is 5. The Balaban J connectivity index is 1.02. The molecule has 0 aromatic carbocycles. The molecule has 0 aromatic heterocycles. The van der Waals surface area contributed by atoms with Gasteiger partial charge in [-0.05, 0) is 92.4 Å². The molecule has 3 aliphatic heterocycles. The van der Waals surface area contributed by atoms with Crippen LogP contribution in [0.5, 0.6) is 0 Å². The van der Waals surface area contributed by atoms with Crippen LogP contribution in [-0.4, -0.2) is 140 Å². The molecule has 18 atom stereocenters. The zero-order valence-corrected chi connectivity index (χ0v) is 28.3. The van der Waals surface area contributed by atoms with Gasteiger partial charge in [0.2, 0.25) is 0 Å². The van der Waals surface area contributed by atoms with Crippen molar-refractivity contribution in [3.8, 4) is 0 Å². The van der Waals surface area contributed by atoms with Crippen LogP contribution < -0.4 is 0 Å². The van der Waals surface area contributed by atoms with Gasteiger partial charge in [-0.3, -0.25) is 0 Å². The molecule has 49 heavy (non-hydrogen) atoms. The average Bonchev–Trinajstić information content (AvgIpc) is 3.63. The quantitative estimate of drug-likeness (QED) is 0.153. The highest BCUT2D eigenvalue weighted by Gasteiger charge is 2.68. The summed E-state index contributed by atoms with van der Waals surface area (Å²) in [7, 11) is 0. The fraction of sp³-hybridized carbons (Fsp3) is 0.914. The third-order valence-corrected chi connectivity index (χ3v) is 14.2. The van der Waals surface area contributed by atoms with Gasteiger partial charge >= 0.3 is 5.97 Å². The first-order valence-electron chi connectivity index (χ1n) is 18.1. The number of rotatable bonds is 7. The van der Waals surface area contributed by atoms with Crippen molar-refractivity contribution < 1.29 is 69.3 Å². The molecule has 278 valence electrons. The smallest absolute Gasteiger partial charge is 0.331 e. The van der Waals surface area contributed by atoms with Gasteiger partial charge in [0.1, 0.15) is 55.4 Å². The van der Waals surface area contributed by atoms with Crippen LogP contribution in [0.4, 0.5) is 0 Å². The van der Waals surface area contributed by atoms with Crippen LogP contribution in [-0.2, 0) is 28.5 Å². The summed E-state index contributed by atoms with van der Waals surface area (Å²) in [5, 5.41) is 85.6. The number of hydrogen-bond donors (Lipinski definition) is 8. The molecular formula is C35H54O14. The van der Waals surface area contributed by atoms with E-state index in [0.29, 0.717) is 37.7 Å². The van der Waals surface area contributed by atoms with Gasteiger partial charge in [0.25, 0.3) is 0 Å². The molecule has 0 aromatic rings. The van der Waals surface area contributed by atoms with Crippen molar-refractivity contribution in [2.75, 3.05) is 19.8 Å². The number of aliphatic hydroxyl groups excluding tert-OH is 7. The van der Waals surface area contributed by atoms with Gasteiger partial charge in [0.15, 0.2) is 12.6 Å². The minimum absolute atomic E-state index is 0.0314. The highest BCUT2D eigenvalue weighted by Crippen LogP contribution is 2.70. The van der Waals surface area contributed by atoms with Crippen molar-refractivity contribution in [2.24, 2.45) is 34.5 Å². The molecule has 4 saturated carbocycles. The van der Waals surface area contributed by atoms with E-state index in [1.807, 2.05) is 0 Å². The molecule has 0 unspecified atom stereocenters.